The third kappa shape index (κ3) is 4.49. The van der Waals surface area contributed by atoms with Gasteiger partial charge in [-0.2, -0.15) is 0 Å². The summed E-state index contributed by atoms with van der Waals surface area (Å²) in [7, 11) is 0. The van der Waals surface area contributed by atoms with Crippen molar-refractivity contribution >= 4 is 21.8 Å². The fourth-order valence-electron chi connectivity index (χ4n) is 2.26. The van der Waals surface area contributed by atoms with Gasteiger partial charge in [-0.15, -0.1) is 0 Å². The Morgan fingerprint density at radius 1 is 1.50 bits per heavy atom. The smallest absolute Gasteiger partial charge is 0.221 e. The van der Waals surface area contributed by atoms with Crippen LogP contribution in [-0.4, -0.2) is 31.1 Å². The molecule has 0 bridgehead atoms. The third-order valence-corrected chi connectivity index (χ3v) is 3.61. The van der Waals surface area contributed by atoms with E-state index >= 15 is 0 Å². The van der Waals surface area contributed by atoms with Crippen molar-refractivity contribution in [3.8, 4) is 5.75 Å². The molecule has 1 aromatic carbocycles. The molecule has 20 heavy (non-hydrogen) atoms. The molecule has 5 heteroatoms. The maximum Gasteiger partial charge on any atom is 0.221 e. The van der Waals surface area contributed by atoms with Crippen molar-refractivity contribution in [3.63, 3.8) is 0 Å². The number of hydrogen-bond donors (Lipinski definition) is 2. The molecular weight excluding hydrogens is 320 g/mol. The number of amides is 1. The summed E-state index contributed by atoms with van der Waals surface area (Å²) in [6.07, 6.45) is 1.58. The second-order valence-electron chi connectivity index (χ2n) is 5.37. The van der Waals surface area contributed by atoms with Gasteiger partial charge in [-0.05, 0) is 37.6 Å². The van der Waals surface area contributed by atoms with Gasteiger partial charge < -0.3 is 15.4 Å². The molecule has 1 atom stereocenters. The van der Waals surface area contributed by atoms with E-state index in [-0.39, 0.29) is 18.1 Å². The number of carbonyl (C=O) groups excluding carboxylic acids is 1. The zero-order valence-corrected chi connectivity index (χ0v) is 13.5. The molecule has 1 unspecified atom stereocenters. The summed E-state index contributed by atoms with van der Waals surface area (Å²) in [6, 6.07) is 6.29. The van der Waals surface area contributed by atoms with E-state index in [1.165, 1.54) is 5.56 Å². The summed E-state index contributed by atoms with van der Waals surface area (Å²) in [5.41, 5.74) is 1.24. The molecule has 1 aromatic rings. The Hall–Kier alpha value is -1.07. The van der Waals surface area contributed by atoms with Gasteiger partial charge in [0.05, 0.1) is 0 Å². The summed E-state index contributed by atoms with van der Waals surface area (Å²) < 4.78 is 6.93. The van der Waals surface area contributed by atoms with Crippen LogP contribution in [0.25, 0.3) is 0 Å². The highest BCUT2D eigenvalue weighted by atomic mass is 79.9. The Kier molecular flexibility index (Phi) is 5.43. The number of carbonyl (C=O) groups is 1. The number of hydrogen-bond acceptors (Lipinski definition) is 3. The lowest BCUT2D eigenvalue weighted by Gasteiger charge is -2.12. The summed E-state index contributed by atoms with van der Waals surface area (Å²) in [5, 5.41) is 6.16. The van der Waals surface area contributed by atoms with Crippen LogP contribution in [0.4, 0.5) is 0 Å². The molecule has 1 amide bonds. The van der Waals surface area contributed by atoms with Gasteiger partial charge in [-0.25, -0.2) is 0 Å². The van der Waals surface area contributed by atoms with Crippen LogP contribution in [-0.2, 0) is 11.2 Å². The van der Waals surface area contributed by atoms with Crippen molar-refractivity contribution in [2.45, 2.75) is 38.8 Å². The first-order valence-corrected chi connectivity index (χ1v) is 7.79. The molecular formula is C15H21BrN2O2. The lowest BCUT2D eigenvalue weighted by Crippen LogP contribution is -2.35. The SMILES string of the molecule is CC(C)NC(=O)CCNCC1Cc2cc(Br)ccc2O1. The molecule has 0 saturated heterocycles. The lowest BCUT2D eigenvalue weighted by molar-refractivity contribution is -0.121. The monoisotopic (exact) mass is 340 g/mol. The number of fused-ring (bicyclic) bond motifs is 1. The Bertz CT molecular complexity index is 477. The highest BCUT2D eigenvalue weighted by Crippen LogP contribution is 2.30. The van der Waals surface area contributed by atoms with E-state index in [1.807, 2.05) is 26.0 Å². The maximum atomic E-state index is 11.5. The van der Waals surface area contributed by atoms with Gasteiger partial charge in [0.2, 0.25) is 5.91 Å². The summed E-state index contributed by atoms with van der Waals surface area (Å²) >= 11 is 3.47. The van der Waals surface area contributed by atoms with E-state index in [9.17, 15) is 4.79 Å². The Morgan fingerprint density at radius 2 is 2.30 bits per heavy atom. The molecule has 0 aliphatic carbocycles. The van der Waals surface area contributed by atoms with Crippen molar-refractivity contribution in [2.24, 2.45) is 0 Å². The minimum Gasteiger partial charge on any atom is -0.488 e. The standard InChI is InChI=1S/C15H21BrN2O2/c1-10(2)18-15(19)5-6-17-9-13-8-11-7-12(16)3-4-14(11)20-13/h3-4,7,10,13,17H,5-6,8-9H2,1-2H3,(H,18,19). The van der Waals surface area contributed by atoms with E-state index in [0.717, 1.165) is 23.2 Å². The van der Waals surface area contributed by atoms with Crippen molar-refractivity contribution in [2.75, 3.05) is 13.1 Å². The van der Waals surface area contributed by atoms with Gasteiger partial charge in [0, 0.05) is 36.4 Å². The molecule has 4 nitrogen and oxygen atoms in total. The van der Waals surface area contributed by atoms with Gasteiger partial charge in [-0.3, -0.25) is 4.79 Å². The largest absolute Gasteiger partial charge is 0.488 e. The summed E-state index contributed by atoms with van der Waals surface area (Å²) in [6.45, 7) is 5.37. The van der Waals surface area contributed by atoms with E-state index in [4.69, 9.17) is 4.74 Å². The van der Waals surface area contributed by atoms with Crippen LogP contribution in [0.1, 0.15) is 25.8 Å². The van der Waals surface area contributed by atoms with Crippen LogP contribution in [0.2, 0.25) is 0 Å². The van der Waals surface area contributed by atoms with Gasteiger partial charge in [0.15, 0.2) is 0 Å². The topological polar surface area (TPSA) is 50.4 Å². The summed E-state index contributed by atoms with van der Waals surface area (Å²) in [5.74, 6) is 1.06. The van der Waals surface area contributed by atoms with Gasteiger partial charge in [0.25, 0.3) is 0 Å². The fraction of sp³-hybridized carbons (Fsp3) is 0.533. The van der Waals surface area contributed by atoms with E-state index in [0.29, 0.717) is 13.0 Å². The predicted octanol–water partition coefficient (Wildman–Crippen LogP) is 2.26. The summed E-state index contributed by atoms with van der Waals surface area (Å²) in [4.78, 5) is 11.5. The normalized spacial score (nSPS) is 16.9. The van der Waals surface area contributed by atoms with Crippen LogP contribution in [0.5, 0.6) is 5.75 Å². The molecule has 0 aromatic heterocycles. The van der Waals surface area contributed by atoms with Crippen molar-refractivity contribution < 1.29 is 9.53 Å². The average Bonchev–Trinajstić information content (AvgIpc) is 2.75. The molecule has 1 aliphatic rings. The molecule has 0 radical (unpaired) electrons. The van der Waals surface area contributed by atoms with E-state index in [2.05, 4.69) is 32.6 Å². The van der Waals surface area contributed by atoms with E-state index < -0.39 is 0 Å². The van der Waals surface area contributed by atoms with Gasteiger partial charge in [0.1, 0.15) is 11.9 Å². The van der Waals surface area contributed by atoms with Crippen molar-refractivity contribution in [3.05, 3.63) is 28.2 Å². The first-order chi connectivity index (χ1) is 9.54. The van der Waals surface area contributed by atoms with E-state index in [1.54, 1.807) is 0 Å². The van der Waals surface area contributed by atoms with Crippen molar-refractivity contribution in [1.29, 1.82) is 0 Å². The second kappa shape index (κ2) is 7.09. The predicted molar refractivity (Wildman–Crippen MR) is 83.0 cm³/mol. The molecule has 110 valence electrons. The second-order valence-corrected chi connectivity index (χ2v) is 6.29. The number of rotatable bonds is 6. The molecule has 0 saturated carbocycles. The van der Waals surface area contributed by atoms with Crippen LogP contribution in [0.3, 0.4) is 0 Å². The van der Waals surface area contributed by atoms with Crippen LogP contribution in [0, 0.1) is 0 Å². The van der Waals surface area contributed by atoms with Crippen LogP contribution >= 0.6 is 15.9 Å². The fourth-order valence-corrected chi connectivity index (χ4v) is 2.67. The molecule has 2 rings (SSSR count). The Labute approximate surface area is 128 Å². The first-order valence-electron chi connectivity index (χ1n) is 7.00. The zero-order valence-electron chi connectivity index (χ0n) is 11.9. The minimum absolute atomic E-state index is 0.0899. The number of nitrogens with one attached hydrogen (secondary N) is 2. The maximum absolute atomic E-state index is 11.5. The van der Waals surface area contributed by atoms with Gasteiger partial charge >= 0.3 is 0 Å². The molecule has 0 fully saturated rings. The highest BCUT2D eigenvalue weighted by molar-refractivity contribution is 9.10. The van der Waals surface area contributed by atoms with Gasteiger partial charge in [-0.1, -0.05) is 15.9 Å². The van der Waals surface area contributed by atoms with Crippen molar-refractivity contribution in [1.82, 2.24) is 10.6 Å². The average molecular weight is 341 g/mol. The van der Waals surface area contributed by atoms with Crippen LogP contribution < -0.4 is 15.4 Å². The molecule has 0 spiro atoms. The Morgan fingerprint density at radius 3 is 3.05 bits per heavy atom. The molecule has 1 aliphatic heterocycles. The first kappa shape index (κ1) is 15.3. The quantitative estimate of drug-likeness (QED) is 0.781. The molecule has 1 heterocycles. The Balaban J connectivity index is 1.66. The third-order valence-electron chi connectivity index (χ3n) is 3.11. The number of benzene rings is 1. The van der Waals surface area contributed by atoms with Crippen LogP contribution in [0.15, 0.2) is 22.7 Å². The lowest BCUT2D eigenvalue weighted by atomic mass is 10.1. The number of ether oxygens (including phenoxy) is 1. The molecule has 2 N–H and O–H groups in total. The number of halogens is 1. The minimum atomic E-state index is 0.0899. The highest BCUT2D eigenvalue weighted by Gasteiger charge is 2.22. The zero-order chi connectivity index (χ0) is 14.5.